The summed E-state index contributed by atoms with van der Waals surface area (Å²) >= 11 is 0. The summed E-state index contributed by atoms with van der Waals surface area (Å²) in [6, 6.07) is 3.10. The van der Waals surface area contributed by atoms with Crippen molar-refractivity contribution in [1.82, 2.24) is 5.32 Å². The van der Waals surface area contributed by atoms with E-state index in [2.05, 4.69) is 5.32 Å². The number of unbranched alkanes of at least 4 members (excludes halogenated alkanes) is 1. The molecule has 0 aliphatic rings. The van der Waals surface area contributed by atoms with E-state index in [1.165, 1.54) is 12.1 Å². The minimum Gasteiger partial charge on any atom is -0.310 e. The molecule has 0 fully saturated rings. The van der Waals surface area contributed by atoms with E-state index in [0.717, 1.165) is 18.9 Å². The number of halogens is 4. The van der Waals surface area contributed by atoms with E-state index < -0.39 is 17.6 Å². The highest BCUT2D eigenvalue weighted by molar-refractivity contribution is 5.30. The van der Waals surface area contributed by atoms with E-state index >= 15 is 0 Å². The molecule has 1 nitrogen and oxygen atoms in total. The smallest absolute Gasteiger partial charge is 0.310 e. The topological polar surface area (TPSA) is 12.0 Å². The maximum atomic E-state index is 14.0. The molecule has 19 heavy (non-hydrogen) atoms. The molecule has 0 aliphatic carbocycles. The fourth-order valence-electron chi connectivity index (χ4n) is 2.06. The molecule has 1 atom stereocenters. The normalized spacial score (nSPS) is 13.6. The number of benzene rings is 1. The van der Waals surface area contributed by atoms with E-state index in [1.807, 2.05) is 13.8 Å². The Bertz CT molecular complexity index is 401. The van der Waals surface area contributed by atoms with Gasteiger partial charge in [-0.05, 0) is 19.0 Å². The fourth-order valence-corrected chi connectivity index (χ4v) is 2.06. The molecule has 0 saturated heterocycles. The van der Waals surface area contributed by atoms with Crippen LogP contribution in [-0.4, -0.2) is 6.54 Å². The molecule has 0 aromatic heterocycles. The second-order valence-electron chi connectivity index (χ2n) is 4.46. The standard InChI is InChI=1S/C14H19F4N/c1-3-5-9-12(19-4-2)10-7-6-8-11(13(10)15)14(16,17)18/h6-8,12,19H,3-5,9H2,1-2H3. The Morgan fingerprint density at radius 3 is 2.42 bits per heavy atom. The summed E-state index contributed by atoms with van der Waals surface area (Å²) in [4.78, 5) is 0. The lowest BCUT2D eigenvalue weighted by molar-refractivity contribution is -0.140. The van der Waals surface area contributed by atoms with Crippen molar-refractivity contribution < 1.29 is 17.6 Å². The second kappa shape index (κ2) is 6.89. The molecule has 1 aromatic carbocycles. The van der Waals surface area contributed by atoms with Gasteiger partial charge in [-0.1, -0.05) is 38.8 Å². The van der Waals surface area contributed by atoms with Crippen LogP contribution in [-0.2, 0) is 6.18 Å². The van der Waals surface area contributed by atoms with Crippen molar-refractivity contribution in [2.24, 2.45) is 0 Å². The zero-order valence-corrected chi connectivity index (χ0v) is 11.1. The summed E-state index contributed by atoms with van der Waals surface area (Å²) in [5.74, 6) is -1.16. The van der Waals surface area contributed by atoms with Gasteiger partial charge < -0.3 is 5.32 Å². The van der Waals surface area contributed by atoms with Crippen LogP contribution in [0.15, 0.2) is 18.2 Å². The fraction of sp³-hybridized carbons (Fsp3) is 0.571. The van der Waals surface area contributed by atoms with Gasteiger partial charge in [0.05, 0.1) is 5.56 Å². The largest absolute Gasteiger partial charge is 0.419 e. The first-order chi connectivity index (χ1) is 8.91. The van der Waals surface area contributed by atoms with E-state index in [-0.39, 0.29) is 11.6 Å². The van der Waals surface area contributed by atoms with Gasteiger partial charge >= 0.3 is 6.18 Å². The van der Waals surface area contributed by atoms with Crippen LogP contribution in [0.3, 0.4) is 0 Å². The maximum absolute atomic E-state index is 14.0. The molecule has 0 spiro atoms. The molecule has 0 aliphatic heterocycles. The maximum Gasteiger partial charge on any atom is 0.419 e. The predicted octanol–water partition coefficient (Wildman–Crippen LogP) is 4.69. The molecule has 1 rings (SSSR count). The number of hydrogen-bond acceptors (Lipinski definition) is 1. The molecular weight excluding hydrogens is 258 g/mol. The Kier molecular flexibility index (Phi) is 5.79. The summed E-state index contributed by atoms with van der Waals surface area (Å²) in [5, 5.41) is 3.05. The minimum atomic E-state index is -4.65. The molecule has 0 radical (unpaired) electrons. The summed E-state index contributed by atoms with van der Waals surface area (Å²) in [6.07, 6.45) is -2.26. The summed E-state index contributed by atoms with van der Waals surface area (Å²) in [6.45, 7) is 4.43. The zero-order valence-electron chi connectivity index (χ0n) is 11.1. The third-order valence-electron chi connectivity index (χ3n) is 3.01. The molecule has 0 amide bonds. The monoisotopic (exact) mass is 277 g/mol. The molecule has 108 valence electrons. The number of alkyl halides is 3. The van der Waals surface area contributed by atoms with Gasteiger partial charge in [0.25, 0.3) is 0 Å². The summed E-state index contributed by atoms with van der Waals surface area (Å²) in [5.41, 5.74) is -1.09. The lowest BCUT2D eigenvalue weighted by Gasteiger charge is -2.20. The third kappa shape index (κ3) is 4.20. The molecule has 1 N–H and O–H groups in total. The molecule has 0 heterocycles. The first kappa shape index (κ1) is 16.0. The molecule has 1 aromatic rings. The molecule has 0 bridgehead atoms. The Labute approximate surface area is 111 Å². The number of rotatable bonds is 6. The van der Waals surface area contributed by atoms with Crippen molar-refractivity contribution in [3.63, 3.8) is 0 Å². The third-order valence-corrected chi connectivity index (χ3v) is 3.01. The van der Waals surface area contributed by atoms with Crippen LogP contribution in [0.25, 0.3) is 0 Å². The first-order valence-electron chi connectivity index (χ1n) is 6.50. The van der Waals surface area contributed by atoms with Gasteiger partial charge in [0.1, 0.15) is 5.82 Å². The van der Waals surface area contributed by atoms with Gasteiger partial charge in [-0.2, -0.15) is 13.2 Å². The first-order valence-corrected chi connectivity index (χ1v) is 6.50. The lowest BCUT2D eigenvalue weighted by Crippen LogP contribution is -2.23. The van der Waals surface area contributed by atoms with Gasteiger partial charge in [0.15, 0.2) is 0 Å². The van der Waals surface area contributed by atoms with Crippen LogP contribution in [0.1, 0.15) is 50.3 Å². The quantitative estimate of drug-likeness (QED) is 0.744. The van der Waals surface area contributed by atoms with Gasteiger partial charge in [0, 0.05) is 11.6 Å². The Balaban J connectivity index is 3.09. The molecule has 0 saturated carbocycles. The van der Waals surface area contributed by atoms with E-state index in [9.17, 15) is 17.6 Å². The Morgan fingerprint density at radius 1 is 1.21 bits per heavy atom. The van der Waals surface area contributed by atoms with Crippen molar-refractivity contribution in [2.45, 2.75) is 45.3 Å². The van der Waals surface area contributed by atoms with Crippen LogP contribution in [0.5, 0.6) is 0 Å². The van der Waals surface area contributed by atoms with Gasteiger partial charge in [0.2, 0.25) is 0 Å². The van der Waals surface area contributed by atoms with Crippen molar-refractivity contribution in [1.29, 1.82) is 0 Å². The van der Waals surface area contributed by atoms with Crippen molar-refractivity contribution >= 4 is 0 Å². The van der Waals surface area contributed by atoms with E-state index in [0.29, 0.717) is 13.0 Å². The number of nitrogens with one attached hydrogen (secondary N) is 1. The average molecular weight is 277 g/mol. The van der Waals surface area contributed by atoms with Gasteiger partial charge in [-0.25, -0.2) is 4.39 Å². The molecule has 5 heteroatoms. The van der Waals surface area contributed by atoms with Crippen LogP contribution in [0.2, 0.25) is 0 Å². The van der Waals surface area contributed by atoms with E-state index in [4.69, 9.17) is 0 Å². The van der Waals surface area contributed by atoms with E-state index in [1.54, 1.807) is 0 Å². The predicted molar refractivity (Wildman–Crippen MR) is 67.3 cm³/mol. The van der Waals surface area contributed by atoms with Crippen LogP contribution < -0.4 is 5.32 Å². The highest BCUT2D eigenvalue weighted by atomic mass is 19.4. The van der Waals surface area contributed by atoms with Crippen molar-refractivity contribution in [3.8, 4) is 0 Å². The zero-order chi connectivity index (χ0) is 14.5. The van der Waals surface area contributed by atoms with Crippen LogP contribution in [0.4, 0.5) is 17.6 Å². The Morgan fingerprint density at radius 2 is 1.89 bits per heavy atom. The second-order valence-corrected chi connectivity index (χ2v) is 4.46. The van der Waals surface area contributed by atoms with Gasteiger partial charge in [-0.15, -0.1) is 0 Å². The highest BCUT2D eigenvalue weighted by Crippen LogP contribution is 2.34. The van der Waals surface area contributed by atoms with Gasteiger partial charge in [-0.3, -0.25) is 0 Å². The molecule has 1 unspecified atom stereocenters. The minimum absolute atomic E-state index is 0.102. The highest BCUT2D eigenvalue weighted by Gasteiger charge is 2.35. The Hall–Kier alpha value is -1.10. The summed E-state index contributed by atoms with van der Waals surface area (Å²) < 4.78 is 52.0. The van der Waals surface area contributed by atoms with Crippen LogP contribution in [0, 0.1) is 5.82 Å². The number of hydrogen-bond donors (Lipinski definition) is 1. The van der Waals surface area contributed by atoms with Crippen molar-refractivity contribution in [2.75, 3.05) is 6.54 Å². The van der Waals surface area contributed by atoms with Crippen molar-refractivity contribution in [3.05, 3.63) is 35.1 Å². The molecular formula is C14H19F4N. The van der Waals surface area contributed by atoms with Crippen LogP contribution >= 0.6 is 0 Å². The SMILES string of the molecule is CCCCC(NCC)c1cccc(C(F)(F)F)c1F. The average Bonchev–Trinajstić information content (AvgIpc) is 2.33. The lowest BCUT2D eigenvalue weighted by atomic mass is 9.98. The summed E-state index contributed by atoms with van der Waals surface area (Å²) in [7, 11) is 0.